The van der Waals surface area contributed by atoms with E-state index in [1.807, 2.05) is 6.92 Å². The van der Waals surface area contributed by atoms with Gasteiger partial charge in [-0.15, -0.1) is 0 Å². The van der Waals surface area contributed by atoms with E-state index in [9.17, 15) is 10.2 Å². The molecule has 1 rings (SSSR count). The van der Waals surface area contributed by atoms with Gasteiger partial charge in [0.15, 0.2) is 0 Å². The van der Waals surface area contributed by atoms with Crippen molar-refractivity contribution in [3.05, 3.63) is 0 Å². The van der Waals surface area contributed by atoms with Crippen LogP contribution in [-0.2, 0) is 4.74 Å². The summed E-state index contributed by atoms with van der Waals surface area (Å²) >= 11 is 0. The van der Waals surface area contributed by atoms with Crippen LogP contribution < -0.4 is 5.32 Å². The predicted molar refractivity (Wildman–Crippen MR) is 63.4 cm³/mol. The van der Waals surface area contributed by atoms with Gasteiger partial charge in [-0.25, -0.2) is 0 Å². The summed E-state index contributed by atoms with van der Waals surface area (Å²) in [6.45, 7) is 3.01. The van der Waals surface area contributed by atoms with Gasteiger partial charge in [-0.3, -0.25) is 0 Å². The van der Waals surface area contributed by atoms with Crippen molar-refractivity contribution in [2.45, 2.75) is 56.8 Å². The third kappa shape index (κ3) is 5.25. The van der Waals surface area contributed by atoms with Crippen molar-refractivity contribution in [2.75, 3.05) is 20.3 Å². The number of methoxy groups -OCH3 is 1. The molecule has 1 fully saturated rings. The zero-order valence-corrected chi connectivity index (χ0v) is 10.4. The van der Waals surface area contributed by atoms with Crippen molar-refractivity contribution in [3.63, 3.8) is 0 Å². The number of nitrogens with one attached hydrogen (secondary N) is 1. The van der Waals surface area contributed by atoms with Crippen molar-refractivity contribution >= 4 is 0 Å². The van der Waals surface area contributed by atoms with Crippen molar-refractivity contribution in [1.29, 1.82) is 0 Å². The average Bonchev–Trinajstić information content (AvgIpc) is 2.26. The first kappa shape index (κ1) is 13.9. The highest BCUT2D eigenvalue weighted by molar-refractivity contribution is 4.81. The second kappa shape index (κ2) is 6.55. The van der Waals surface area contributed by atoms with E-state index in [2.05, 4.69) is 5.32 Å². The van der Waals surface area contributed by atoms with E-state index >= 15 is 0 Å². The zero-order valence-electron chi connectivity index (χ0n) is 10.4. The molecule has 0 amide bonds. The lowest BCUT2D eigenvalue weighted by molar-refractivity contribution is 0.0198. The molecule has 0 radical (unpaired) electrons. The van der Waals surface area contributed by atoms with Gasteiger partial charge in [-0.05, 0) is 32.6 Å². The van der Waals surface area contributed by atoms with Gasteiger partial charge in [0.2, 0.25) is 0 Å². The van der Waals surface area contributed by atoms with Crippen LogP contribution in [0.1, 0.15) is 39.0 Å². The Hall–Kier alpha value is -0.160. The summed E-state index contributed by atoms with van der Waals surface area (Å²) in [6.07, 6.45) is 4.28. The summed E-state index contributed by atoms with van der Waals surface area (Å²) in [5.41, 5.74) is -0.702. The molecule has 96 valence electrons. The molecule has 0 aromatic rings. The second-order valence-corrected chi connectivity index (χ2v) is 5.13. The van der Waals surface area contributed by atoms with Crippen LogP contribution in [0.15, 0.2) is 0 Å². The smallest absolute Gasteiger partial charge is 0.0765 e. The molecule has 4 nitrogen and oxygen atoms in total. The van der Waals surface area contributed by atoms with Crippen LogP contribution in [0, 0.1) is 0 Å². The topological polar surface area (TPSA) is 61.7 Å². The third-order valence-corrected chi connectivity index (χ3v) is 3.31. The van der Waals surface area contributed by atoms with E-state index in [1.54, 1.807) is 7.11 Å². The quantitative estimate of drug-likeness (QED) is 0.628. The molecular weight excluding hydrogens is 206 g/mol. The first-order valence-corrected chi connectivity index (χ1v) is 6.16. The lowest BCUT2D eigenvalue weighted by atomic mass is 9.92. The molecule has 1 aliphatic carbocycles. The number of ether oxygens (including phenoxy) is 1. The number of hydrogen-bond acceptors (Lipinski definition) is 4. The molecule has 0 saturated heterocycles. The largest absolute Gasteiger partial charge is 0.393 e. The fraction of sp³-hybridized carbons (Fsp3) is 1.00. The molecule has 3 N–H and O–H groups in total. The van der Waals surface area contributed by atoms with Crippen molar-refractivity contribution in [2.24, 2.45) is 0 Å². The molecule has 1 saturated carbocycles. The maximum Gasteiger partial charge on any atom is 0.0765 e. The first-order valence-electron chi connectivity index (χ1n) is 6.16. The van der Waals surface area contributed by atoms with Gasteiger partial charge < -0.3 is 20.3 Å². The van der Waals surface area contributed by atoms with Crippen LogP contribution in [-0.4, -0.2) is 48.2 Å². The Bertz CT molecular complexity index is 189. The number of rotatable bonds is 6. The normalized spacial score (nSPS) is 30.0. The Morgan fingerprint density at radius 3 is 2.50 bits per heavy atom. The highest BCUT2D eigenvalue weighted by Crippen LogP contribution is 2.19. The highest BCUT2D eigenvalue weighted by Gasteiger charge is 2.24. The Morgan fingerprint density at radius 1 is 1.31 bits per heavy atom. The maximum absolute atomic E-state index is 10.0. The fourth-order valence-electron chi connectivity index (χ4n) is 2.05. The molecule has 1 aliphatic rings. The summed E-state index contributed by atoms with van der Waals surface area (Å²) in [7, 11) is 1.64. The standard InChI is InChI=1S/C12H25NO3/c1-12(15,7-8-16-2)9-13-10-3-5-11(14)6-4-10/h10-11,13-15H,3-9H2,1-2H3. The van der Waals surface area contributed by atoms with E-state index in [1.165, 1.54) is 0 Å². The molecule has 0 bridgehead atoms. The molecular formula is C12H25NO3. The molecule has 0 aliphatic heterocycles. The van der Waals surface area contributed by atoms with Gasteiger partial charge in [0.1, 0.15) is 0 Å². The van der Waals surface area contributed by atoms with E-state index in [-0.39, 0.29) is 6.10 Å². The van der Waals surface area contributed by atoms with Crippen molar-refractivity contribution in [3.8, 4) is 0 Å². The number of hydrogen-bond donors (Lipinski definition) is 3. The lowest BCUT2D eigenvalue weighted by Crippen LogP contribution is -2.44. The van der Waals surface area contributed by atoms with Crippen LogP contribution in [0.5, 0.6) is 0 Å². The lowest BCUT2D eigenvalue weighted by Gasteiger charge is -2.30. The zero-order chi connectivity index (χ0) is 12.0. The average molecular weight is 231 g/mol. The molecule has 0 spiro atoms. The molecule has 1 unspecified atom stereocenters. The van der Waals surface area contributed by atoms with Gasteiger partial charge in [-0.1, -0.05) is 0 Å². The van der Waals surface area contributed by atoms with Crippen molar-refractivity contribution in [1.82, 2.24) is 5.32 Å². The molecule has 0 aromatic carbocycles. The molecule has 0 heterocycles. The van der Waals surface area contributed by atoms with E-state index < -0.39 is 5.60 Å². The van der Waals surface area contributed by atoms with E-state index in [0.717, 1.165) is 25.7 Å². The first-order chi connectivity index (χ1) is 7.53. The fourth-order valence-corrected chi connectivity index (χ4v) is 2.05. The number of aliphatic hydroxyl groups is 2. The van der Waals surface area contributed by atoms with Crippen LogP contribution in [0.2, 0.25) is 0 Å². The van der Waals surface area contributed by atoms with Crippen LogP contribution in [0.25, 0.3) is 0 Å². The molecule has 1 atom stereocenters. The minimum atomic E-state index is -0.702. The Labute approximate surface area is 98.0 Å². The van der Waals surface area contributed by atoms with Gasteiger partial charge in [-0.2, -0.15) is 0 Å². The van der Waals surface area contributed by atoms with E-state index in [4.69, 9.17) is 4.74 Å². The van der Waals surface area contributed by atoms with Crippen LogP contribution in [0.3, 0.4) is 0 Å². The van der Waals surface area contributed by atoms with Gasteiger partial charge in [0, 0.05) is 32.7 Å². The molecule has 16 heavy (non-hydrogen) atoms. The maximum atomic E-state index is 10.0. The highest BCUT2D eigenvalue weighted by atomic mass is 16.5. The van der Waals surface area contributed by atoms with Gasteiger partial charge >= 0.3 is 0 Å². The number of aliphatic hydroxyl groups excluding tert-OH is 1. The summed E-state index contributed by atoms with van der Waals surface area (Å²) in [6, 6.07) is 0.442. The minimum Gasteiger partial charge on any atom is -0.393 e. The Morgan fingerprint density at radius 2 is 1.94 bits per heavy atom. The van der Waals surface area contributed by atoms with Gasteiger partial charge in [0.05, 0.1) is 11.7 Å². The third-order valence-electron chi connectivity index (χ3n) is 3.31. The summed E-state index contributed by atoms with van der Waals surface area (Å²) in [5, 5.41) is 22.8. The van der Waals surface area contributed by atoms with Crippen LogP contribution in [0.4, 0.5) is 0 Å². The van der Waals surface area contributed by atoms with Crippen molar-refractivity contribution < 1.29 is 14.9 Å². The predicted octanol–water partition coefficient (Wildman–Crippen LogP) is 0.667. The summed E-state index contributed by atoms with van der Waals surface area (Å²) < 4.78 is 4.96. The Kier molecular flexibility index (Phi) is 5.69. The van der Waals surface area contributed by atoms with Gasteiger partial charge in [0.25, 0.3) is 0 Å². The van der Waals surface area contributed by atoms with Crippen LogP contribution >= 0.6 is 0 Å². The summed E-state index contributed by atoms with van der Waals surface area (Å²) in [5.74, 6) is 0. The monoisotopic (exact) mass is 231 g/mol. The molecule has 0 aromatic heterocycles. The summed E-state index contributed by atoms with van der Waals surface area (Å²) in [4.78, 5) is 0. The molecule has 4 heteroatoms. The second-order valence-electron chi connectivity index (χ2n) is 5.13. The SMILES string of the molecule is COCCC(C)(O)CNC1CCC(O)CC1. The van der Waals surface area contributed by atoms with E-state index in [0.29, 0.717) is 25.6 Å². The minimum absolute atomic E-state index is 0.118. The Balaban J connectivity index is 2.17.